The Balaban J connectivity index is 2.19. The molecule has 4 heteroatoms. The Morgan fingerprint density at radius 2 is 1.72 bits per heavy atom. The number of rotatable bonds is 1. The van der Waals surface area contributed by atoms with Crippen molar-refractivity contribution in [3.63, 3.8) is 0 Å². The summed E-state index contributed by atoms with van der Waals surface area (Å²) in [7, 11) is 0. The van der Waals surface area contributed by atoms with E-state index in [1.807, 2.05) is 22.9 Å². The molecule has 0 fully saturated rings. The Bertz CT molecular complexity index is 732. The van der Waals surface area contributed by atoms with Crippen molar-refractivity contribution in [3.8, 4) is 5.69 Å². The highest BCUT2D eigenvalue weighted by Gasteiger charge is 2.05. The molecule has 0 saturated carbocycles. The van der Waals surface area contributed by atoms with Gasteiger partial charge in [-0.05, 0) is 48.9 Å². The number of hydrogen-bond donors (Lipinski definition) is 0. The molecule has 0 atom stereocenters. The highest BCUT2D eigenvalue weighted by atomic mass is 79.9. The van der Waals surface area contributed by atoms with Crippen LogP contribution >= 0.6 is 31.9 Å². The summed E-state index contributed by atoms with van der Waals surface area (Å²) in [6.07, 6.45) is 2.05. The van der Waals surface area contributed by atoms with Crippen LogP contribution in [-0.4, -0.2) is 9.78 Å². The molecule has 90 valence electrons. The van der Waals surface area contributed by atoms with Crippen molar-refractivity contribution in [2.45, 2.75) is 6.92 Å². The lowest BCUT2D eigenvalue weighted by atomic mass is 10.2. The van der Waals surface area contributed by atoms with Gasteiger partial charge in [0.15, 0.2) is 0 Å². The highest BCUT2D eigenvalue weighted by molar-refractivity contribution is 9.10. The summed E-state index contributed by atoms with van der Waals surface area (Å²) in [5.41, 5.74) is 3.29. The maximum absolute atomic E-state index is 4.60. The van der Waals surface area contributed by atoms with Crippen molar-refractivity contribution >= 4 is 42.8 Å². The summed E-state index contributed by atoms with van der Waals surface area (Å²) >= 11 is 6.96. The SMILES string of the molecule is Cc1cc(Br)ccc1-n1cc2cc(Br)ccc2n1. The van der Waals surface area contributed by atoms with E-state index in [9.17, 15) is 0 Å². The fourth-order valence-corrected chi connectivity index (χ4v) is 2.85. The summed E-state index contributed by atoms with van der Waals surface area (Å²) in [6.45, 7) is 2.09. The fraction of sp³-hybridized carbons (Fsp3) is 0.0714. The summed E-state index contributed by atoms with van der Waals surface area (Å²) < 4.78 is 4.09. The molecule has 0 unspecified atom stereocenters. The first kappa shape index (κ1) is 11.9. The van der Waals surface area contributed by atoms with Crippen LogP contribution in [0.15, 0.2) is 51.5 Å². The average molecular weight is 366 g/mol. The third-order valence-corrected chi connectivity index (χ3v) is 3.86. The van der Waals surface area contributed by atoms with Gasteiger partial charge in [0, 0.05) is 20.5 Å². The van der Waals surface area contributed by atoms with Gasteiger partial charge in [-0.3, -0.25) is 0 Å². The molecule has 0 aliphatic heterocycles. The van der Waals surface area contributed by atoms with Crippen LogP contribution in [0.4, 0.5) is 0 Å². The van der Waals surface area contributed by atoms with Gasteiger partial charge in [-0.2, -0.15) is 5.10 Å². The van der Waals surface area contributed by atoms with Gasteiger partial charge >= 0.3 is 0 Å². The van der Waals surface area contributed by atoms with Gasteiger partial charge in [0.05, 0.1) is 11.2 Å². The standard InChI is InChI=1S/C14H10Br2N2/c1-9-6-11(15)3-5-14(9)18-8-10-7-12(16)2-4-13(10)17-18/h2-8H,1H3. The van der Waals surface area contributed by atoms with E-state index in [1.165, 1.54) is 5.56 Å². The zero-order valence-corrected chi connectivity index (χ0v) is 12.9. The number of halogens is 2. The van der Waals surface area contributed by atoms with Crippen LogP contribution < -0.4 is 0 Å². The molecular weight excluding hydrogens is 356 g/mol. The van der Waals surface area contributed by atoms with Crippen molar-refractivity contribution in [3.05, 3.63) is 57.1 Å². The second-order valence-corrected chi connectivity index (χ2v) is 6.04. The highest BCUT2D eigenvalue weighted by Crippen LogP contribution is 2.23. The van der Waals surface area contributed by atoms with Gasteiger partial charge in [0.25, 0.3) is 0 Å². The molecule has 3 aromatic rings. The third-order valence-electron chi connectivity index (χ3n) is 2.87. The normalized spacial score (nSPS) is 11.1. The minimum Gasteiger partial charge on any atom is -0.239 e. The predicted molar refractivity (Wildman–Crippen MR) is 81.2 cm³/mol. The van der Waals surface area contributed by atoms with E-state index < -0.39 is 0 Å². The topological polar surface area (TPSA) is 17.8 Å². The maximum atomic E-state index is 4.60. The monoisotopic (exact) mass is 364 g/mol. The number of aromatic nitrogens is 2. The summed E-state index contributed by atoms with van der Waals surface area (Å²) in [5.74, 6) is 0. The molecule has 2 nitrogen and oxygen atoms in total. The van der Waals surface area contributed by atoms with Crippen LogP contribution in [0.1, 0.15) is 5.56 Å². The van der Waals surface area contributed by atoms with Crippen molar-refractivity contribution in [2.24, 2.45) is 0 Å². The van der Waals surface area contributed by atoms with Crippen LogP contribution in [0.25, 0.3) is 16.6 Å². The predicted octanol–water partition coefficient (Wildman–Crippen LogP) is 4.86. The van der Waals surface area contributed by atoms with E-state index in [-0.39, 0.29) is 0 Å². The molecule has 0 spiro atoms. The molecule has 1 aromatic heterocycles. The van der Waals surface area contributed by atoms with E-state index in [0.717, 1.165) is 25.5 Å². The number of nitrogens with zero attached hydrogens (tertiary/aromatic N) is 2. The minimum atomic E-state index is 1.00. The Kier molecular flexibility index (Phi) is 2.99. The van der Waals surface area contributed by atoms with Gasteiger partial charge < -0.3 is 0 Å². The van der Waals surface area contributed by atoms with Crippen LogP contribution in [0.3, 0.4) is 0 Å². The molecule has 2 aromatic carbocycles. The molecule has 0 bridgehead atoms. The lowest BCUT2D eigenvalue weighted by Crippen LogP contribution is -1.96. The second kappa shape index (κ2) is 4.52. The molecule has 18 heavy (non-hydrogen) atoms. The first-order valence-corrected chi connectivity index (χ1v) is 7.13. The summed E-state index contributed by atoms with van der Waals surface area (Å²) in [5, 5.41) is 5.73. The second-order valence-electron chi connectivity index (χ2n) is 4.21. The Morgan fingerprint density at radius 3 is 2.50 bits per heavy atom. The largest absolute Gasteiger partial charge is 0.239 e. The third kappa shape index (κ3) is 2.10. The van der Waals surface area contributed by atoms with E-state index in [1.54, 1.807) is 0 Å². The summed E-state index contributed by atoms with van der Waals surface area (Å²) in [6, 6.07) is 12.3. The quantitative estimate of drug-likeness (QED) is 0.602. The van der Waals surface area contributed by atoms with Gasteiger partial charge in [0.2, 0.25) is 0 Å². The Labute approximate surface area is 122 Å². The first-order chi connectivity index (χ1) is 8.63. The van der Waals surface area contributed by atoms with E-state index in [0.29, 0.717) is 0 Å². The number of aryl methyl sites for hydroxylation is 1. The van der Waals surface area contributed by atoms with Gasteiger partial charge in [-0.1, -0.05) is 31.9 Å². The van der Waals surface area contributed by atoms with Gasteiger partial charge in [-0.15, -0.1) is 0 Å². The van der Waals surface area contributed by atoms with Crippen molar-refractivity contribution in [1.29, 1.82) is 0 Å². The molecular formula is C14H10Br2N2. The molecule has 0 amide bonds. The van der Waals surface area contributed by atoms with E-state index >= 15 is 0 Å². The average Bonchev–Trinajstić information content (AvgIpc) is 2.71. The van der Waals surface area contributed by atoms with E-state index in [2.05, 4.69) is 68.3 Å². The molecule has 0 N–H and O–H groups in total. The van der Waals surface area contributed by atoms with Crippen LogP contribution in [0, 0.1) is 6.92 Å². The zero-order valence-electron chi connectivity index (χ0n) is 9.69. The molecule has 3 rings (SSSR count). The Hall–Kier alpha value is -1.13. The molecule has 0 radical (unpaired) electrons. The summed E-state index contributed by atoms with van der Waals surface area (Å²) in [4.78, 5) is 0. The molecule has 0 aliphatic rings. The van der Waals surface area contributed by atoms with Gasteiger partial charge in [0.1, 0.15) is 0 Å². The lowest BCUT2D eigenvalue weighted by molar-refractivity contribution is 0.887. The van der Waals surface area contributed by atoms with E-state index in [4.69, 9.17) is 0 Å². The Morgan fingerprint density at radius 1 is 1.00 bits per heavy atom. The lowest BCUT2D eigenvalue weighted by Gasteiger charge is -2.05. The molecule has 0 saturated heterocycles. The number of fused-ring (bicyclic) bond motifs is 1. The van der Waals surface area contributed by atoms with Crippen molar-refractivity contribution in [2.75, 3.05) is 0 Å². The smallest absolute Gasteiger partial charge is 0.0928 e. The van der Waals surface area contributed by atoms with Crippen LogP contribution in [-0.2, 0) is 0 Å². The van der Waals surface area contributed by atoms with Crippen molar-refractivity contribution < 1.29 is 0 Å². The molecule has 0 aliphatic carbocycles. The number of hydrogen-bond acceptors (Lipinski definition) is 1. The molecule has 1 heterocycles. The van der Waals surface area contributed by atoms with Gasteiger partial charge in [-0.25, -0.2) is 4.68 Å². The number of benzene rings is 2. The maximum Gasteiger partial charge on any atom is 0.0928 e. The zero-order chi connectivity index (χ0) is 12.7. The first-order valence-electron chi connectivity index (χ1n) is 5.55. The fourth-order valence-electron chi connectivity index (χ4n) is 2.00. The minimum absolute atomic E-state index is 1.00. The van der Waals surface area contributed by atoms with Crippen molar-refractivity contribution in [1.82, 2.24) is 9.78 Å². The van der Waals surface area contributed by atoms with Crippen LogP contribution in [0.2, 0.25) is 0 Å². The van der Waals surface area contributed by atoms with Crippen LogP contribution in [0.5, 0.6) is 0 Å².